The fourth-order valence-corrected chi connectivity index (χ4v) is 2.16. The Kier molecular flexibility index (Phi) is 3.81. The second-order valence-electron chi connectivity index (χ2n) is 4.73. The van der Waals surface area contributed by atoms with Gasteiger partial charge in [-0.3, -0.25) is 4.98 Å². The van der Waals surface area contributed by atoms with Crippen molar-refractivity contribution in [2.75, 3.05) is 18.5 Å². The van der Waals surface area contributed by atoms with Crippen molar-refractivity contribution in [2.45, 2.75) is 26.3 Å². The number of aryl methyl sites for hydroxylation is 1. The molecule has 2 unspecified atom stereocenters. The molecule has 0 aromatic carbocycles. The second kappa shape index (κ2) is 5.35. The summed E-state index contributed by atoms with van der Waals surface area (Å²) in [7, 11) is 0. The third-order valence-corrected chi connectivity index (χ3v) is 3.33. The molecule has 0 amide bonds. The lowest BCUT2D eigenvalue weighted by molar-refractivity contribution is 0.0697. The molecular weight excluding hydrogens is 232 g/mol. The van der Waals surface area contributed by atoms with Crippen LogP contribution in [0.5, 0.6) is 0 Å². The smallest absolute Gasteiger partial charge is 0.339 e. The van der Waals surface area contributed by atoms with Gasteiger partial charge < -0.3 is 15.2 Å². The van der Waals surface area contributed by atoms with Gasteiger partial charge in [0.2, 0.25) is 0 Å². The summed E-state index contributed by atoms with van der Waals surface area (Å²) in [5.74, 6) is -0.528. The highest BCUT2D eigenvalue weighted by Gasteiger charge is 2.23. The first-order valence-electron chi connectivity index (χ1n) is 6.12. The number of rotatable bonds is 4. The number of nitrogens with one attached hydrogen (secondary N) is 1. The molecule has 0 aliphatic carbocycles. The number of nitrogens with zero attached hydrogens (tertiary/aromatic N) is 1. The van der Waals surface area contributed by atoms with E-state index in [1.54, 1.807) is 6.07 Å². The summed E-state index contributed by atoms with van der Waals surface area (Å²) in [5, 5.41) is 12.4. The zero-order valence-corrected chi connectivity index (χ0v) is 10.6. The van der Waals surface area contributed by atoms with Gasteiger partial charge in [-0.15, -0.1) is 0 Å². The number of carbonyl (C=O) groups is 1. The van der Waals surface area contributed by atoms with E-state index in [-0.39, 0.29) is 11.6 Å². The van der Waals surface area contributed by atoms with E-state index in [0.717, 1.165) is 25.3 Å². The Balaban J connectivity index is 2.16. The normalized spacial score (nSPS) is 20.7. The lowest BCUT2D eigenvalue weighted by Gasteiger charge is -2.21. The van der Waals surface area contributed by atoms with Gasteiger partial charge in [0.25, 0.3) is 0 Å². The first kappa shape index (κ1) is 12.8. The molecule has 1 fully saturated rings. The Morgan fingerprint density at radius 3 is 3.06 bits per heavy atom. The van der Waals surface area contributed by atoms with Gasteiger partial charge in [-0.2, -0.15) is 0 Å². The average molecular weight is 250 g/mol. The van der Waals surface area contributed by atoms with Gasteiger partial charge >= 0.3 is 5.97 Å². The highest BCUT2D eigenvalue weighted by molar-refractivity contribution is 5.93. The molecular formula is C13H18N2O3. The van der Waals surface area contributed by atoms with Crippen molar-refractivity contribution in [2.24, 2.45) is 5.92 Å². The van der Waals surface area contributed by atoms with E-state index >= 15 is 0 Å². The highest BCUT2D eigenvalue weighted by Crippen LogP contribution is 2.22. The Morgan fingerprint density at radius 2 is 2.44 bits per heavy atom. The molecule has 1 aromatic rings. The topological polar surface area (TPSA) is 71.5 Å². The van der Waals surface area contributed by atoms with Crippen LogP contribution in [0.1, 0.15) is 29.4 Å². The van der Waals surface area contributed by atoms with Gasteiger partial charge in [0.1, 0.15) is 5.56 Å². The van der Waals surface area contributed by atoms with Crippen molar-refractivity contribution < 1.29 is 14.6 Å². The Hall–Kier alpha value is -1.62. The van der Waals surface area contributed by atoms with Gasteiger partial charge in [0.15, 0.2) is 0 Å². The summed E-state index contributed by atoms with van der Waals surface area (Å²) in [6, 6.07) is 1.96. The van der Waals surface area contributed by atoms with Gasteiger partial charge in [-0.05, 0) is 26.3 Å². The van der Waals surface area contributed by atoms with Gasteiger partial charge in [-0.1, -0.05) is 0 Å². The van der Waals surface area contributed by atoms with E-state index in [1.807, 2.05) is 6.92 Å². The molecule has 5 nitrogen and oxygen atoms in total. The minimum Gasteiger partial charge on any atom is -0.478 e. The number of hydrogen-bond acceptors (Lipinski definition) is 4. The van der Waals surface area contributed by atoms with Crippen LogP contribution in [0.25, 0.3) is 0 Å². The SMILES string of the molecule is Cc1cc(NC(C)C2CCOC2)c(C(=O)O)cn1. The summed E-state index contributed by atoms with van der Waals surface area (Å²) >= 11 is 0. The van der Waals surface area contributed by atoms with E-state index in [9.17, 15) is 4.79 Å². The molecule has 0 bridgehead atoms. The minimum absolute atomic E-state index is 0.187. The standard InChI is InChI=1S/C13H18N2O3/c1-8-5-12(11(6-14-8)13(16)17)15-9(2)10-3-4-18-7-10/h5-6,9-10H,3-4,7H2,1-2H3,(H,14,15)(H,16,17). The third-order valence-electron chi connectivity index (χ3n) is 3.33. The monoisotopic (exact) mass is 250 g/mol. The van der Waals surface area contributed by atoms with Crippen LogP contribution in [0.2, 0.25) is 0 Å². The largest absolute Gasteiger partial charge is 0.478 e. The van der Waals surface area contributed by atoms with Crippen molar-refractivity contribution in [3.8, 4) is 0 Å². The van der Waals surface area contributed by atoms with Crippen molar-refractivity contribution >= 4 is 11.7 Å². The van der Waals surface area contributed by atoms with E-state index in [1.165, 1.54) is 6.20 Å². The summed E-state index contributed by atoms with van der Waals surface area (Å²) in [6.45, 7) is 5.43. The Labute approximate surface area is 106 Å². The average Bonchev–Trinajstić information content (AvgIpc) is 2.81. The molecule has 1 saturated heterocycles. The Morgan fingerprint density at radius 1 is 1.67 bits per heavy atom. The maximum Gasteiger partial charge on any atom is 0.339 e. The molecule has 98 valence electrons. The maximum atomic E-state index is 11.1. The third kappa shape index (κ3) is 2.79. The molecule has 1 aliphatic heterocycles. The summed E-state index contributed by atoms with van der Waals surface area (Å²) in [6.07, 6.45) is 2.42. The van der Waals surface area contributed by atoms with Crippen LogP contribution in [0.3, 0.4) is 0 Å². The highest BCUT2D eigenvalue weighted by atomic mass is 16.5. The lowest BCUT2D eigenvalue weighted by Crippen LogP contribution is -2.27. The lowest BCUT2D eigenvalue weighted by atomic mass is 10.00. The molecule has 2 N–H and O–H groups in total. The number of aromatic nitrogens is 1. The van der Waals surface area contributed by atoms with E-state index in [4.69, 9.17) is 9.84 Å². The van der Waals surface area contributed by atoms with Crippen LogP contribution in [0, 0.1) is 12.8 Å². The van der Waals surface area contributed by atoms with Gasteiger partial charge in [0, 0.05) is 30.5 Å². The molecule has 5 heteroatoms. The summed E-state index contributed by atoms with van der Waals surface area (Å²) in [5.41, 5.74) is 1.65. The number of hydrogen-bond donors (Lipinski definition) is 2. The van der Waals surface area contributed by atoms with Crippen molar-refractivity contribution in [3.63, 3.8) is 0 Å². The summed E-state index contributed by atoms with van der Waals surface area (Å²) in [4.78, 5) is 15.2. The van der Waals surface area contributed by atoms with Gasteiger partial charge in [0.05, 0.1) is 12.3 Å². The molecule has 2 atom stereocenters. The molecule has 1 aromatic heterocycles. The van der Waals surface area contributed by atoms with E-state index in [2.05, 4.69) is 17.2 Å². The minimum atomic E-state index is -0.958. The van der Waals surface area contributed by atoms with Crippen molar-refractivity contribution in [3.05, 3.63) is 23.5 Å². The number of carboxylic acids is 1. The Bertz CT molecular complexity index is 442. The van der Waals surface area contributed by atoms with Crippen LogP contribution in [0.4, 0.5) is 5.69 Å². The molecule has 18 heavy (non-hydrogen) atoms. The van der Waals surface area contributed by atoms with Crippen LogP contribution in [-0.2, 0) is 4.74 Å². The fourth-order valence-electron chi connectivity index (χ4n) is 2.16. The van der Waals surface area contributed by atoms with Crippen LogP contribution in [0.15, 0.2) is 12.3 Å². The van der Waals surface area contributed by atoms with Crippen molar-refractivity contribution in [1.82, 2.24) is 4.98 Å². The fraction of sp³-hybridized carbons (Fsp3) is 0.538. The van der Waals surface area contributed by atoms with E-state index < -0.39 is 5.97 Å². The molecule has 1 aliphatic rings. The van der Waals surface area contributed by atoms with E-state index in [0.29, 0.717) is 11.6 Å². The first-order valence-corrected chi connectivity index (χ1v) is 6.12. The number of pyridine rings is 1. The quantitative estimate of drug-likeness (QED) is 0.854. The molecule has 2 rings (SSSR count). The predicted molar refractivity (Wildman–Crippen MR) is 67.9 cm³/mol. The molecule has 0 radical (unpaired) electrons. The van der Waals surface area contributed by atoms with Gasteiger partial charge in [-0.25, -0.2) is 4.79 Å². The summed E-state index contributed by atoms with van der Waals surface area (Å²) < 4.78 is 5.35. The number of anilines is 1. The molecule has 0 spiro atoms. The van der Waals surface area contributed by atoms with Crippen LogP contribution in [-0.4, -0.2) is 35.3 Å². The number of ether oxygens (including phenoxy) is 1. The maximum absolute atomic E-state index is 11.1. The number of carboxylic acid groups (broad SMARTS) is 1. The molecule has 2 heterocycles. The van der Waals surface area contributed by atoms with Crippen LogP contribution < -0.4 is 5.32 Å². The molecule has 0 saturated carbocycles. The zero-order valence-electron chi connectivity index (χ0n) is 10.6. The predicted octanol–water partition coefficient (Wildman–Crippen LogP) is 1.93. The zero-order chi connectivity index (χ0) is 13.1. The number of aromatic carboxylic acids is 1. The van der Waals surface area contributed by atoms with Crippen LogP contribution >= 0.6 is 0 Å². The first-order chi connectivity index (χ1) is 8.58. The second-order valence-corrected chi connectivity index (χ2v) is 4.73. The van der Waals surface area contributed by atoms with Crippen molar-refractivity contribution in [1.29, 1.82) is 0 Å².